The zero-order valence-corrected chi connectivity index (χ0v) is 11.8. The lowest BCUT2D eigenvalue weighted by Crippen LogP contribution is -2.36. The van der Waals surface area contributed by atoms with Gasteiger partial charge < -0.3 is 9.47 Å². The van der Waals surface area contributed by atoms with Crippen molar-refractivity contribution in [2.45, 2.75) is 25.8 Å². The van der Waals surface area contributed by atoms with Crippen LogP contribution in [0.15, 0.2) is 18.2 Å². The lowest BCUT2D eigenvalue weighted by Gasteiger charge is -2.22. The Kier molecular flexibility index (Phi) is 4.43. The molecule has 1 aliphatic heterocycles. The number of methoxy groups -OCH3 is 2. The highest BCUT2D eigenvalue weighted by molar-refractivity contribution is 6.00. The molecule has 0 aliphatic carbocycles. The summed E-state index contributed by atoms with van der Waals surface area (Å²) in [7, 11) is 3.17. The topological polar surface area (TPSA) is 38.8 Å². The van der Waals surface area contributed by atoms with Crippen molar-refractivity contribution < 1.29 is 14.3 Å². The Hall–Kier alpha value is -1.55. The van der Waals surface area contributed by atoms with Crippen LogP contribution in [-0.2, 0) is 0 Å². The number of ether oxygens (including phenoxy) is 2. The lowest BCUT2D eigenvalue weighted by atomic mass is 10.0. The number of rotatable bonds is 5. The molecule has 1 saturated heterocycles. The predicted molar refractivity (Wildman–Crippen MR) is 74.1 cm³/mol. The van der Waals surface area contributed by atoms with Gasteiger partial charge in [-0.3, -0.25) is 9.69 Å². The van der Waals surface area contributed by atoms with Crippen molar-refractivity contribution in [3.63, 3.8) is 0 Å². The summed E-state index contributed by atoms with van der Waals surface area (Å²) in [5.41, 5.74) is 0.678. The van der Waals surface area contributed by atoms with E-state index in [-0.39, 0.29) is 11.8 Å². The molecule has 1 aliphatic rings. The molecule has 1 fully saturated rings. The van der Waals surface area contributed by atoms with Gasteiger partial charge in [0.1, 0.15) is 0 Å². The fraction of sp³-hybridized carbons (Fsp3) is 0.533. The maximum absolute atomic E-state index is 12.5. The molecule has 1 unspecified atom stereocenters. The summed E-state index contributed by atoms with van der Waals surface area (Å²) in [4.78, 5) is 14.7. The number of ketones is 1. The first-order chi connectivity index (χ1) is 9.17. The molecule has 1 atom stereocenters. The highest BCUT2D eigenvalue weighted by Gasteiger charge is 2.25. The fourth-order valence-electron chi connectivity index (χ4n) is 2.53. The Morgan fingerprint density at radius 2 is 1.79 bits per heavy atom. The van der Waals surface area contributed by atoms with E-state index in [1.807, 2.05) is 6.92 Å². The van der Waals surface area contributed by atoms with Gasteiger partial charge in [0.05, 0.1) is 20.3 Å². The minimum atomic E-state index is -0.0689. The normalized spacial score (nSPS) is 17.2. The second-order valence-corrected chi connectivity index (χ2v) is 4.85. The van der Waals surface area contributed by atoms with Crippen LogP contribution in [0, 0.1) is 0 Å². The van der Waals surface area contributed by atoms with Crippen molar-refractivity contribution in [3.05, 3.63) is 23.8 Å². The highest BCUT2D eigenvalue weighted by atomic mass is 16.5. The molecule has 4 nitrogen and oxygen atoms in total. The number of Topliss-reactive ketones (excluding diaryl/α,β-unsaturated/α-hetero) is 1. The van der Waals surface area contributed by atoms with Gasteiger partial charge in [-0.15, -0.1) is 0 Å². The molecule has 0 spiro atoms. The van der Waals surface area contributed by atoms with Crippen LogP contribution in [0.25, 0.3) is 0 Å². The minimum Gasteiger partial charge on any atom is -0.493 e. The summed E-state index contributed by atoms with van der Waals surface area (Å²) in [6, 6.07) is 5.27. The molecule has 0 radical (unpaired) electrons. The van der Waals surface area contributed by atoms with Gasteiger partial charge in [0, 0.05) is 5.56 Å². The molecule has 1 aromatic carbocycles. The highest BCUT2D eigenvalue weighted by Crippen LogP contribution is 2.28. The summed E-state index contributed by atoms with van der Waals surface area (Å²) in [6.45, 7) is 4.00. The Morgan fingerprint density at radius 3 is 2.37 bits per heavy atom. The first-order valence-corrected chi connectivity index (χ1v) is 6.67. The third-order valence-electron chi connectivity index (χ3n) is 3.74. The maximum Gasteiger partial charge on any atom is 0.179 e. The van der Waals surface area contributed by atoms with E-state index in [1.165, 1.54) is 12.8 Å². The molecule has 0 amide bonds. The average Bonchev–Trinajstić information content (AvgIpc) is 2.99. The van der Waals surface area contributed by atoms with Crippen LogP contribution in [0.3, 0.4) is 0 Å². The molecule has 1 aromatic rings. The molecule has 2 rings (SSSR count). The zero-order chi connectivity index (χ0) is 13.8. The van der Waals surface area contributed by atoms with E-state index in [9.17, 15) is 4.79 Å². The summed E-state index contributed by atoms with van der Waals surface area (Å²) in [5.74, 6) is 1.39. The Balaban J connectivity index is 2.18. The van der Waals surface area contributed by atoms with Crippen LogP contribution in [0.4, 0.5) is 0 Å². The van der Waals surface area contributed by atoms with Gasteiger partial charge in [-0.2, -0.15) is 0 Å². The smallest absolute Gasteiger partial charge is 0.179 e. The van der Waals surface area contributed by atoms with E-state index in [0.717, 1.165) is 13.1 Å². The van der Waals surface area contributed by atoms with Gasteiger partial charge in [-0.25, -0.2) is 0 Å². The number of hydrogen-bond acceptors (Lipinski definition) is 4. The maximum atomic E-state index is 12.5. The standard InChI is InChI=1S/C15H21NO3/c1-11(16-8-4-5-9-16)15(17)12-6-7-13(18-2)14(10-12)19-3/h6-7,10-11H,4-5,8-9H2,1-3H3. The number of benzene rings is 1. The fourth-order valence-corrected chi connectivity index (χ4v) is 2.53. The van der Waals surface area contributed by atoms with Gasteiger partial charge in [0.15, 0.2) is 17.3 Å². The van der Waals surface area contributed by atoms with Crippen molar-refractivity contribution in [1.82, 2.24) is 4.90 Å². The lowest BCUT2D eigenvalue weighted by molar-refractivity contribution is 0.0866. The van der Waals surface area contributed by atoms with Gasteiger partial charge in [-0.1, -0.05) is 0 Å². The molecule has 1 heterocycles. The third-order valence-corrected chi connectivity index (χ3v) is 3.74. The molecule has 104 valence electrons. The molecular formula is C15H21NO3. The largest absolute Gasteiger partial charge is 0.493 e. The second-order valence-electron chi connectivity index (χ2n) is 4.85. The van der Waals surface area contributed by atoms with Gasteiger partial charge in [0.2, 0.25) is 0 Å². The molecule has 0 saturated carbocycles. The predicted octanol–water partition coefficient (Wildman–Crippen LogP) is 2.37. The van der Waals surface area contributed by atoms with Crippen LogP contribution >= 0.6 is 0 Å². The van der Waals surface area contributed by atoms with Gasteiger partial charge >= 0.3 is 0 Å². The zero-order valence-electron chi connectivity index (χ0n) is 11.8. The van der Waals surface area contributed by atoms with Crippen LogP contribution < -0.4 is 9.47 Å². The van der Waals surface area contributed by atoms with Gasteiger partial charge in [-0.05, 0) is 51.1 Å². The van der Waals surface area contributed by atoms with Crippen LogP contribution in [-0.4, -0.2) is 44.0 Å². The third kappa shape index (κ3) is 2.89. The molecule has 0 N–H and O–H groups in total. The average molecular weight is 263 g/mol. The first-order valence-electron chi connectivity index (χ1n) is 6.67. The molecule has 19 heavy (non-hydrogen) atoms. The van der Waals surface area contributed by atoms with E-state index in [0.29, 0.717) is 17.1 Å². The number of hydrogen-bond donors (Lipinski definition) is 0. The molecule has 4 heteroatoms. The first kappa shape index (κ1) is 13.9. The van der Waals surface area contributed by atoms with Crippen molar-refractivity contribution in [2.75, 3.05) is 27.3 Å². The Labute approximate surface area is 114 Å². The van der Waals surface area contributed by atoms with E-state index < -0.39 is 0 Å². The number of carbonyl (C=O) groups excluding carboxylic acids is 1. The summed E-state index contributed by atoms with van der Waals surface area (Å²) in [6.07, 6.45) is 2.37. The van der Waals surface area contributed by atoms with Crippen LogP contribution in [0.2, 0.25) is 0 Å². The quantitative estimate of drug-likeness (QED) is 0.765. The van der Waals surface area contributed by atoms with E-state index in [1.54, 1.807) is 32.4 Å². The van der Waals surface area contributed by atoms with E-state index in [2.05, 4.69) is 4.90 Å². The van der Waals surface area contributed by atoms with Crippen molar-refractivity contribution in [1.29, 1.82) is 0 Å². The van der Waals surface area contributed by atoms with Crippen molar-refractivity contribution in [2.24, 2.45) is 0 Å². The SMILES string of the molecule is COc1ccc(C(=O)C(C)N2CCCC2)cc1OC. The van der Waals surface area contributed by atoms with Crippen LogP contribution in [0.5, 0.6) is 11.5 Å². The second kappa shape index (κ2) is 6.06. The summed E-state index contributed by atoms with van der Waals surface area (Å²) >= 11 is 0. The summed E-state index contributed by atoms with van der Waals surface area (Å²) < 4.78 is 10.4. The molecule has 0 bridgehead atoms. The Bertz CT molecular complexity index is 453. The van der Waals surface area contributed by atoms with Gasteiger partial charge in [0.25, 0.3) is 0 Å². The molecule has 0 aromatic heterocycles. The number of carbonyl (C=O) groups is 1. The number of likely N-dealkylation sites (tertiary alicyclic amines) is 1. The number of nitrogens with zero attached hydrogens (tertiary/aromatic N) is 1. The molecular weight excluding hydrogens is 242 g/mol. The van der Waals surface area contributed by atoms with E-state index >= 15 is 0 Å². The van der Waals surface area contributed by atoms with Crippen LogP contribution in [0.1, 0.15) is 30.1 Å². The van der Waals surface area contributed by atoms with Crippen molar-refractivity contribution >= 4 is 5.78 Å². The summed E-state index contributed by atoms with van der Waals surface area (Å²) in [5, 5.41) is 0. The minimum absolute atomic E-state index is 0.0689. The Morgan fingerprint density at radius 1 is 1.16 bits per heavy atom. The van der Waals surface area contributed by atoms with Crippen molar-refractivity contribution in [3.8, 4) is 11.5 Å². The van der Waals surface area contributed by atoms with E-state index in [4.69, 9.17) is 9.47 Å². The monoisotopic (exact) mass is 263 g/mol.